The van der Waals surface area contributed by atoms with Gasteiger partial charge in [0, 0.05) is 14.1 Å². The van der Waals surface area contributed by atoms with Crippen molar-refractivity contribution in [3.8, 4) is 0 Å². The van der Waals surface area contributed by atoms with Crippen molar-refractivity contribution in [3.63, 3.8) is 0 Å². The van der Waals surface area contributed by atoms with Crippen molar-refractivity contribution in [2.75, 3.05) is 140 Å². The molecule has 61 heavy (non-hydrogen) atoms. The van der Waals surface area contributed by atoms with Crippen molar-refractivity contribution < 1.29 is 107 Å². The Balaban J connectivity index is 1.41. The first kappa shape index (κ1) is 53.7. The number of hydrogen-bond donors (Lipinski definition) is 7. The van der Waals surface area contributed by atoms with E-state index in [9.17, 15) is 40.5 Å². The highest BCUT2D eigenvalue weighted by Gasteiger charge is 2.51. The second-order valence-electron chi connectivity index (χ2n) is 14.5. The fourth-order valence-electron chi connectivity index (χ4n) is 6.05. The van der Waals surface area contributed by atoms with Crippen LogP contribution in [0.2, 0.25) is 0 Å². The van der Waals surface area contributed by atoms with E-state index in [0.717, 1.165) is 0 Å². The first-order valence-electron chi connectivity index (χ1n) is 20.4. The summed E-state index contributed by atoms with van der Waals surface area (Å²) in [7, 11) is 3.16. The molecule has 3 aliphatic rings. The van der Waals surface area contributed by atoms with E-state index in [1.807, 2.05) is 0 Å². The van der Waals surface area contributed by atoms with E-state index in [4.69, 9.17) is 66.3 Å². The van der Waals surface area contributed by atoms with Crippen molar-refractivity contribution >= 4 is 5.91 Å². The number of likely N-dealkylation sites (N-methyl/N-ethyl adjacent to an activating group) is 1. The second kappa shape index (κ2) is 29.7. The van der Waals surface area contributed by atoms with E-state index in [2.05, 4.69) is 6.58 Å². The second-order valence-corrected chi connectivity index (χ2v) is 14.5. The van der Waals surface area contributed by atoms with Crippen LogP contribution >= 0.6 is 0 Å². The fraction of sp³-hybridized carbons (Fsp3) is 0.921. The molecule has 3 saturated heterocycles. The summed E-state index contributed by atoms with van der Waals surface area (Å²) >= 11 is 0. The number of rotatable bonds is 32. The zero-order valence-electron chi connectivity index (χ0n) is 35.3. The third kappa shape index (κ3) is 18.4. The Labute approximate surface area is 356 Å². The van der Waals surface area contributed by atoms with Gasteiger partial charge in [-0.15, -0.1) is 6.58 Å². The van der Waals surface area contributed by atoms with Crippen LogP contribution in [-0.2, 0) is 71.1 Å². The van der Waals surface area contributed by atoms with Gasteiger partial charge in [0.1, 0.15) is 61.0 Å². The molecule has 1 amide bonds. The van der Waals surface area contributed by atoms with Crippen LogP contribution in [0.1, 0.15) is 6.92 Å². The van der Waals surface area contributed by atoms with Crippen LogP contribution in [-0.4, -0.2) is 266 Å². The third-order valence-electron chi connectivity index (χ3n) is 9.46. The molecule has 7 N–H and O–H groups in total. The molecule has 0 saturated carbocycles. The van der Waals surface area contributed by atoms with Gasteiger partial charge in [0.2, 0.25) is 5.79 Å². The number of hydrogen-bond acceptors (Lipinski definition) is 22. The molecule has 3 heterocycles. The van der Waals surface area contributed by atoms with Crippen LogP contribution in [0, 0.1) is 0 Å². The summed E-state index contributed by atoms with van der Waals surface area (Å²) in [5, 5.41) is 72.5. The molecular formula is C38H69NO22. The number of ether oxygens (including phenoxy) is 14. The molecule has 358 valence electrons. The van der Waals surface area contributed by atoms with Crippen molar-refractivity contribution in [2.24, 2.45) is 0 Å². The van der Waals surface area contributed by atoms with E-state index in [1.54, 1.807) is 20.2 Å². The van der Waals surface area contributed by atoms with Gasteiger partial charge in [0.05, 0.1) is 126 Å². The van der Waals surface area contributed by atoms with Crippen LogP contribution in [0.5, 0.6) is 0 Å². The Bertz CT molecular complexity index is 1160. The Hall–Kier alpha value is -1.63. The van der Waals surface area contributed by atoms with Gasteiger partial charge in [-0.3, -0.25) is 4.79 Å². The summed E-state index contributed by atoms with van der Waals surface area (Å²) in [5.74, 6) is -1.87. The van der Waals surface area contributed by atoms with Crippen molar-refractivity contribution in [2.45, 2.75) is 86.3 Å². The molecule has 0 aliphatic carbocycles. The number of nitrogens with zero attached hydrogens (tertiary/aromatic N) is 1. The van der Waals surface area contributed by atoms with Crippen LogP contribution in [0.4, 0.5) is 0 Å². The maximum absolute atomic E-state index is 12.5. The molecule has 0 aromatic carbocycles. The molecule has 3 rings (SSSR count). The Morgan fingerprint density at radius 2 is 1.15 bits per heavy atom. The number of carbonyl (C=O) groups excluding carboxylic acids is 1. The highest BCUT2D eigenvalue weighted by Crippen LogP contribution is 2.30. The topological polar surface area (TPSA) is 291 Å². The number of aliphatic hydroxyl groups excluding tert-OH is 7. The van der Waals surface area contributed by atoms with Crippen LogP contribution in [0.25, 0.3) is 0 Å². The molecule has 0 aromatic heterocycles. The zero-order chi connectivity index (χ0) is 44.6. The van der Waals surface area contributed by atoms with Gasteiger partial charge in [-0.25, -0.2) is 0 Å². The summed E-state index contributed by atoms with van der Waals surface area (Å²) < 4.78 is 78.5. The molecule has 11 atom stereocenters. The standard InChI is InChI=1S/C38H69NO22/c1-5-6-48-7-8-49-9-10-50-11-12-51-13-14-52-15-16-53-17-18-54-21-26(22-55-25-23-56-38(2,57-24-25)37(47)39(3)4)58-35-33(46)31(44)34(28(20-41)60-35)61-36-32(45)30(43)29(42)27(19-40)59-36/h5,25-36,40-46H,1,6-24H2,2-4H3. The van der Waals surface area contributed by atoms with E-state index in [0.29, 0.717) is 72.7 Å². The maximum Gasteiger partial charge on any atom is 0.282 e. The fourth-order valence-corrected chi connectivity index (χ4v) is 6.05. The Morgan fingerprint density at radius 3 is 1.64 bits per heavy atom. The van der Waals surface area contributed by atoms with Gasteiger partial charge in [-0.05, 0) is 6.92 Å². The van der Waals surface area contributed by atoms with Gasteiger partial charge >= 0.3 is 0 Å². The quantitative estimate of drug-likeness (QED) is 0.0248. The average molecular weight is 892 g/mol. The predicted octanol–water partition coefficient (Wildman–Crippen LogP) is -4.47. The molecule has 0 bridgehead atoms. The smallest absolute Gasteiger partial charge is 0.282 e. The minimum atomic E-state index is -1.82. The molecule has 11 unspecified atom stereocenters. The monoisotopic (exact) mass is 891 g/mol. The van der Waals surface area contributed by atoms with Gasteiger partial charge in [0.15, 0.2) is 12.6 Å². The van der Waals surface area contributed by atoms with Crippen LogP contribution in [0.15, 0.2) is 12.7 Å². The molecule has 23 heteroatoms. The van der Waals surface area contributed by atoms with E-state index in [-0.39, 0.29) is 45.5 Å². The summed E-state index contributed by atoms with van der Waals surface area (Å²) in [4.78, 5) is 13.9. The average Bonchev–Trinajstić information content (AvgIpc) is 3.25. The SMILES string of the molecule is C=CCOCCOCCOCCOCCOCCOCCOCC(COC1COC(C)(C(=O)N(C)C)OC1)OC1OC(CO)C(OC2OC(CO)C(O)C(O)C2O)C(O)C1O. The number of carbonyl (C=O) groups is 1. The zero-order valence-corrected chi connectivity index (χ0v) is 35.3. The molecule has 0 radical (unpaired) electrons. The lowest BCUT2D eigenvalue weighted by atomic mass is 9.97. The first-order chi connectivity index (χ1) is 29.4. The van der Waals surface area contributed by atoms with Crippen molar-refractivity contribution in [3.05, 3.63) is 12.7 Å². The summed E-state index contributed by atoms with van der Waals surface area (Å²) in [5.41, 5.74) is 0. The lowest BCUT2D eigenvalue weighted by molar-refractivity contribution is -0.364. The normalized spacial score (nSPS) is 32.5. The lowest BCUT2D eigenvalue weighted by Gasteiger charge is -2.46. The van der Waals surface area contributed by atoms with E-state index < -0.39 is 92.6 Å². The molecule has 23 nitrogen and oxygen atoms in total. The number of amides is 1. The highest BCUT2D eigenvalue weighted by molar-refractivity contribution is 5.82. The molecular weight excluding hydrogens is 822 g/mol. The number of aliphatic hydroxyl groups is 7. The Kier molecular flexibility index (Phi) is 26.2. The largest absolute Gasteiger partial charge is 0.394 e. The Morgan fingerprint density at radius 1 is 0.672 bits per heavy atom. The van der Waals surface area contributed by atoms with Gasteiger partial charge in [-0.1, -0.05) is 6.08 Å². The maximum atomic E-state index is 12.5. The molecule has 3 aliphatic heterocycles. The molecule has 0 spiro atoms. The van der Waals surface area contributed by atoms with Gasteiger partial charge < -0.3 is 107 Å². The minimum Gasteiger partial charge on any atom is -0.394 e. The summed E-state index contributed by atoms with van der Waals surface area (Å²) in [6.45, 7) is 8.34. The molecule has 0 aromatic rings. The predicted molar refractivity (Wildman–Crippen MR) is 206 cm³/mol. The summed E-state index contributed by atoms with van der Waals surface area (Å²) in [6, 6.07) is 0. The van der Waals surface area contributed by atoms with E-state index >= 15 is 0 Å². The van der Waals surface area contributed by atoms with Crippen molar-refractivity contribution in [1.82, 2.24) is 4.90 Å². The first-order valence-corrected chi connectivity index (χ1v) is 20.4. The van der Waals surface area contributed by atoms with Gasteiger partial charge in [-0.2, -0.15) is 0 Å². The molecule has 3 fully saturated rings. The van der Waals surface area contributed by atoms with Gasteiger partial charge in [0.25, 0.3) is 5.91 Å². The van der Waals surface area contributed by atoms with Crippen LogP contribution in [0.3, 0.4) is 0 Å². The summed E-state index contributed by atoms with van der Waals surface area (Å²) in [6.07, 6.45) is -16.1. The van der Waals surface area contributed by atoms with E-state index in [1.165, 1.54) is 11.8 Å². The lowest BCUT2D eigenvalue weighted by Crippen LogP contribution is -2.65. The minimum absolute atomic E-state index is 0.00885. The highest BCUT2D eigenvalue weighted by atomic mass is 16.8. The van der Waals surface area contributed by atoms with Crippen molar-refractivity contribution in [1.29, 1.82) is 0 Å². The third-order valence-corrected chi connectivity index (χ3v) is 9.46. The van der Waals surface area contributed by atoms with Crippen LogP contribution < -0.4 is 0 Å².